The Morgan fingerprint density at radius 1 is 1.27 bits per heavy atom. The number of carbonyl (C=O) groups is 1. The van der Waals surface area contributed by atoms with Gasteiger partial charge in [0.05, 0.1) is 5.25 Å². The molecule has 0 spiro atoms. The highest BCUT2D eigenvalue weighted by atomic mass is 32.2. The van der Waals surface area contributed by atoms with E-state index in [1.807, 2.05) is 11.8 Å². The van der Waals surface area contributed by atoms with Crippen molar-refractivity contribution < 1.29 is 4.79 Å². The number of rotatable bonds is 7. The summed E-state index contributed by atoms with van der Waals surface area (Å²) in [5.41, 5.74) is 0. The summed E-state index contributed by atoms with van der Waals surface area (Å²) < 4.78 is 0. The molecule has 0 aromatic rings. The van der Waals surface area contributed by atoms with Crippen LogP contribution in [0.25, 0.3) is 0 Å². The summed E-state index contributed by atoms with van der Waals surface area (Å²) in [7, 11) is 0. The fourth-order valence-corrected chi connectivity index (χ4v) is 2.96. The van der Waals surface area contributed by atoms with Gasteiger partial charge in [0.2, 0.25) is 5.91 Å². The Hall–Kier alpha value is -0.180. The van der Waals surface area contributed by atoms with Gasteiger partial charge in [-0.3, -0.25) is 4.79 Å². The highest BCUT2D eigenvalue weighted by molar-refractivity contribution is 8.00. The van der Waals surface area contributed by atoms with Crippen LogP contribution in [0.5, 0.6) is 0 Å². The molecule has 0 bridgehead atoms. The number of nitrogens with one attached hydrogen (secondary N) is 1. The zero-order valence-corrected chi connectivity index (χ0v) is 10.6. The maximum absolute atomic E-state index is 11.4. The van der Waals surface area contributed by atoms with E-state index in [-0.39, 0.29) is 11.2 Å². The maximum Gasteiger partial charge on any atom is 0.233 e. The minimum Gasteiger partial charge on any atom is -0.354 e. The smallest absolute Gasteiger partial charge is 0.233 e. The maximum atomic E-state index is 11.4. The fourth-order valence-electron chi connectivity index (χ4n) is 1.89. The van der Waals surface area contributed by atoms with Crippen molar-refractivity contribution in [1.29, 1.82) is 0 Å². The van der Waals surface area contributed by atoms with Crippen LogP contribution in [0.15, 0.2) is 0 Å². The highest BCUT2D eigenvalue weighted by Gasteiger charge is 2.21. The third kappa shape index (κ3) is 5.45. The van der Waals surface area contributed by atoms with Crippen LogP contribution >= 0.6 is 11.8 Å². The Morgan fingerprint density at radius 2 is 2.00 bits per heavy atom. The SMILES string of the molecule is CCCCCCCCC1SCCNC1=O. The predicted octanol–water partition coefficient (Wildman–Crippen LogP) is 2.97. The summed E-state index contributed by atoms with van der Waals surface area (Å²) in [5.74, 6) is 1.35. The lowest BCUT2D eigenvalue weighted by atomic mass is 10.1. The van der Waals surface area contributed by atoms with Crippen molar-refractivity contribution in [2.24, 2.45) is 0 Å². The number of unbranched alkanes of at least 4 members (excludes halogenated alkanes) is 5. The number of hydrogen-bond donors (Lipinski definition) is 1. The van der Waals surface area contributed by atoms with Gasteiger partial charge in [-0.1, -0.05) is 45.4 Å². The monoisotopic (exact) mass is 229 g/mol. The average molecular weight is 229 g/mol. The van der Waals surface area contributed by atoms with E-state index in [2.05, 4.69) is 12.2 Å². The molecule has 1 amide bonds. The van der Waals surface area contributed by atoms with Gasteiger partial charge in [0.15, 0.2) is 0 Å². The Bertz CT molecular complexity index is 184. The van der Waals surface area contributed by atoms with Gasteiger partial charge in [-0.15, -0.1) is 11.8 Å². The van der Waals surface area contributed by atoms with Crippen LogP contribution in [0.2, 0.25) is 0 Å². The molecule has 0 aromatic carbocycles. The number of amides is 1. The van der Waals surface area contributed by atoms with Crippen LogP contribution in [-0.2, 0) is 4.79 Å². The summed E-state index contributed by atoms with van der Waals surface area (Å²) in [6.45, 7) is 3.10. The fraction of sp³-hybridized carbons (Fsp3) is 0.917. The van der Waals surface area contributed by atoms with E-state index in [4.69, 9.17) is 0 Å². The molecule has 3 heteroatoms. The summed E-state index contributed by atoms with van der Waals surface area (Å²) >= 11 is 1.83. The Balaban J connectivity index is 1.96. The topological polar surface area (TPSA) is 29.1 Å². The molecule has 2 nitrogen and oxygen atoms in total. The Morgan fingerprint density at radius 3 is 2.73 bits per heavy atom. The first-order valence-electron chi connectivity index (χ1n) is 6.24. The van der Waals surface area contributed by atoms with Crippen LogP contribution in [0.1, 0.15) is 51.9 Å². The van der Waals surface area contributed by atoms with Crippen molar-refractivity contribution in [3.63, 3.8) is 0 Å². The van der Waals surface area contributed by atoms with E-state index in [9.17, 15) is 4.79 Å². The van der Waals surface area contributed by atoms with E-state index >= 15 is 0 Å². The molecule has 1 heterocycles. The molecule has 1 fully saturated rings. The van der Waals surface area contributed by atoms with E-state index in [1.54, 1.807) is 0 Å². The van der Waals surface area contributed by atoms with Crippen LogP contribution < -0.4 is 5.32 Å². The molecule has 1 aliphatic rings. The zero-order valence-electron chi connectivity index (χ0n) is 9.76. The molecule has 1 saturated heterocycles. The first-order chi connectivity index (χ1) is 7.34. The van der Waals surface area contributed by atoms with Crippen molar-refractivity contribution in [3.8, 4) is 0 Å². The first kappa shape index (κ1) is 12.9. The predicted molar refractivity (Wildman–Crippen MR) is 67.2 cm³/mol. The summed E-state index contributed by atoms with van der Waals surface area (Å²) in [6, 6.07) is 0. The molecule has 0 radical (unpaired) electrons. The van der Waals surface area contributed by atoms with Gasteiger partial charge in [-0.2, -0.15) is 0 Å². The van der Waals surface area contributed by atoms with E-state index in [0.29, 0.717) is 0 Å². The van der Waals surface area contributed by atoms with Gasteiger partial charge < -0.3 is 5.32 Å². The van der Waals surface area contributed by atoms with E-state index < -0.39 is 0 Å². The molecule has 0 aliphatic carbocycles. The van der Waals surface area contributed by atoms with Crippen molar-refractivity contribution >= 4 is 17.7 Å². The lowest BCUT2D eigenvalue weighted by Crippen LogP contribution is -2.39. The lowest BCUT2D eigenvalue weighted by molar-refractivity contribution is -0.120. The van der Waals surface area contributed by atoms with Crippen molar-refractivity contribution in [3.05, 3.63) is 0 Å². The quantitative estimate of drug-likeness (QED) is 0.680. The molecule has 0 aromatic heterocycles. The van der Waals surface area contributed by atoms with Gasteiger partial charge in [-0.25, -0.2) is 0 Å². The molecule has 1 aliphatic heterocycles. The van der Waals surface area contributed by atoms with Gasteiger partial charge in [-0.05, 0) is 6.42 Å². The number of hydrogen-bond acceptors (Lipinski definition) is 2. The third-order valence-electron chi connectivity index (χ3n) is 2.83. The average Bonchev–Trinajstić information content (AvgIpc) is 2.25. The molecule has 1 rings (SSSR count). The molecule has 0 saturated carbocycles. The second kappa shape index (κ2) is 8.03. The molecule has 1 unspecified atom stereocenters. The van der Waals surface area contributed by atoms with Crippen LogP contribution in [0.3, 0.4) is 0 Å². The largest absolute Gasteiger partial charge is 0.354 e. The summed E-state index contributed by atoms with van der Waals surface area (Å²) in [5, 5.41) is 3.17. The minimum atomic E-state index is 0.241. The normalized spacial score (nSPS) is 21.4. The summed E-state index contributed by atoms with van der Waals surface area (Å²) in [6.07, 6.45) is 8.95. The molecular formula is C12H23NOS. The third-order valence-corrected chi connectivity index (χ3v) is 4.12. The number of thioether (sulfide) groups is 1. The van der Waals surface area contributed by atoms with Crippen LogP contribution in [-0.4, -0.2) is 23.5 Å². The van der Waals surface area contributed by atoms with Gasteiger partial charge in [0, 0.05) is 12.3 Å². The molecule has 1 N–H and O–H groups in total. The lowest BCUT2D eigenvalue weighted by Gasteiger charge is -2.21. The molecule has 88 valence electrons. The summed E-state index contributed by atoms with van der Waals surface area (Å²) in [4.78, 5) is 11.4. The van der Waals surface area contributed by atoms with Crippen LogP contribution in [0.4, 0.5) is 0 Å². The zero-order chi connectivity index (χ0) is 10.9. The Kier molecular flexibility index (Phi) is 6.90. The van der Waals surface area contributed by atoms with Gasteiger partial charge in [0.25, 0.3) is 0 Å². The highest BCUT2D eigenvalue weighted by Crippen LogP contribution is 2.20. The van der Waals surface area contributed by atoms with E-state index in [1.165, 1.54) is 38.5 Å². The van der Waals surface area contributed by atoms with Crippen molar-refractivity contribution in [2.75, 3.05) is 12.3 Å². The number of carbonyl (C=O) groups excluding carboxylic acids is 1. The molecule has 1 atom stereocenters. The van der Waals surface area contributed by atoms with Crippen molar-refractivity contribution in [1.82, 2.24) is 5.32 Å². The second-order valence-corrected chi connectivity index (χ2v) is 5.52. The molecule has 15 heavy (non-hydrogen) atoms. The van der Waals surface area contributed by atoms with Gasteiger partial charge >= 0.3 is 0 Å². The van der Waals surface area contributed by atoms with Gasteiger partial charge in [0.1, 0.15) is 0 Å². The van der Waals surface area contributed by atoms with Crippen LogP contribution in [0, 0.1) is 0 Å². The standard InChI is InChI=1S/C12H23NOS/c1-2-3-4-5-6-7-8-11-12(14)13-9-10-15-11/h11H,2-10H2,1H3,(H,13,14). The second-order valence-electron chi connectivity index (χ2n) is 4.21. The first-order valence-corrected chi connectivity index (χ1v) is 7.28. The Labute approximate surface area is 97.6 Å². The molecular weight excluding hydrogens is 206 g/mol. The van der Waals surface area contributed by atoms with Crippen molar-refractivity contribution in [2.45, 2.75) is 57.1 Å². The minimum absolute atomic E-state index is 0.241. The van der Waals surface area contributed by atoms with E-state index in [0.717, 1.165) is 18.7 Å².